The maximum absolute atomic E-state index is 12.0. The van der Waals surface area contributed by atoms with Gasteiger partial charge in [-0.3, -0.25) is 4.79 Å². The Morgan fingerprint density at radius 1 is 1.29 bits per heavy atom. The molecule has 1 aromatic carbocycles. The Morgan fingerprint density at radius 3 is 2.67 bits per heavy atom. The maximum Gasteiger partial charge on any atom is 0.326 e. The number of hydrogen-bond donors (Lipinski definition) is 2. The van der Waals surface area contributed by atoms with Crippen molar-refractivity contribution in [2.24, 2.45) is 11.7 Å². The van der Waals surface area contributed by atoms with Gasteiger partial charge in [0.15, 0.2) is 0 Å². The number of carbonyl (C=O) groups excluding carboxylic acids is 1. The summed E-state index contributed by atoms with van der Waals surface area (Å²) in [5, 5.41) is 3.14. The summed E-state index contributed by atoms with van der Waals surface area (Å²) in [6, 6.07) is 5.93. The molecule has 1 aromatic rings. The first-order valence-electron chi connectivity index (χ1n) is 8.99. The minimum absolute atomic E-state index is 0.00843. The summed E-state index contributed by atoms with van der Waals surface area (Å²) in [5.74, 6) is 1.42. The molecule has 1 saturated carbocycles. The van der Waals surface area contributed by atoms with Gasteiger partial charge in [-0.1, -0.05) is 32.0 Å². The van der Waals surface area contributed by atoms with E-state index in [9.17, 15) is 4.79 Å². The highest BCUT2D eigenvalue weighted by Crippen LogP contribution is 2.44. The molecule has 1 unspecified atom stereocenters. The third-order valence-corrected chi connectivity index (χ3v) is 4.94. The van der Waals surface area contributed by atoms with Crippen molar-refractivity contribution in [1.82, 2.24) is 5.32 Å². The Labute approximate surface area is 143 Å². The van der Waals surface area contributed by atoms with Crippen molar-refractivity contribution >= 4 is 5.97 Å². The second kappa shape index (κ2) is 7.53. The number of benzene rings is 1. The molecule has 132 valence electrons. The average Bonchev–Trinajstić information content (AvgIpc) is 3.28. The molecule has 1 aliphatic carbocycles. The van der Waals surface area contributed by atoms with Crippen LogP contribution in [0.4, 0.5) is 0 Å². The fraction of sp³-hybridized carbons (Fsp3) is 0.632. The molecule has 0 amide bonds. The van der Waals surface area contributed by atoms with Crippen molar-refractivity contribution in [2.75, 3.05) is 13.3 Å². The first kappa shape index (κ1) is 17.2. The van der Waals surface area contributed by atoms with E-state index in [1.54, 1.807) is 0 Å². The predicted octanol–water partition coefficient (Wildman–Crippen LogP) is 2.85. The summed E-state index contributed by atoms with van der Waals surface area (Å²) in [6.45, 7) is 5.06. The topological polar surface area (TPSA) is 73.6 Å². The maximum atomic E-state index is 12.0. The molecule has 5 heteroatoms. The average molecular weight is 332 g/mol. The largest absolute Gasteiger partial charge is 0.457 e. The van der Waals surface area contributed by atoms with Crippen LogP contribution in [0.5, 0.6) is 5.75 Å². The van der Waals surface area contributed by atoms with Crippen molar-refractivity contribution < 1.29 is 14.3 Å². The predicted molar refractivity (Wildman–Crippen MR) is 92.8 cm³/mol. The summed E-state index contributed by atoms with van der Waals surface area (Å²) in [6.07, 6.45) is 4.19. The van der Waals surface area contributed by atoms with Gasteiger partial charge in [-0.15, -0.1) is 0 Å². The molecule has 0 bridgehead atoms. The lowest BCUT2D eigenvalue weighted by molar-refractivity contribution is -0.152. The van der Waals surface area contributed by atoms with E-state index in [2.05, 4.69) is 25.2 Å². The highest BCUT2D eigenvalue weighted by atomic mass is 16.7. The lowest BCUT2D eigenvalue weighted by Crippen LogP contribution is -2.33. The van der Waals surface area contributed by atoms with Gasteiger partial charge >= 0.3 is 5.97 Å². The minimum Gasteiger partial charge on any atom is -0.457 e. The van der Waals surface area contributed by atoms with Crippen LogP contribution in [0.1, 0.15) is 62.6 Å². The third kappa shape index (κ3) is 3.90. The van der Waals surface area contributed by atoms with Gasteiger partial charge in [0.05, 0.1) is 0 Å². The fourth-order valence-electron chi connectivity index (χ4n) is 3.30. The number of nitrogens with one attached hydrogen (secondary N) is 1. The molecule has 2 fully saturated rings. The zero-order chi connectivity index (χ0) is 17.1. The number of para-hydroxylation sites is 1. The number of nitrogens with two attached hydrogens (primary N) is 1. The summed E-state index contributed by atoms with van der Waals surface area (Å²) in [7, 11) is 0. The Bertz CT molecular complexity index is 578. The first-order chi connectivity index (χ1) is 11.6. The van der Waals surface area contributed by atoms with E-state index >= 15 is 0 Å². The van der Waals surface area contributed by atoms with E-state index in [1.165, 1.54) is 12.8 Å². The van der Waals surface area contributed by atoms with Crippen LogP contribution in [0, 0.1) is 5.92 Å². The van der Waals surface area contributed by atoms with Gasteiger partial charge in [0.25, 0.3) is 0 Å². The molecular formula is C19H28N2O3. The number of rotatable bonds is 7. The molecule has 0 aromatic heterocycles. The van der Waals surface area contributed by atoms with Crippen LogP contribution in [0.3, 0.4) is 0 Å². The van der Waals surface area contributed by atoms with E-state index in [4.69, 9.17) is 15.2 Å². The van der Waals surface area contributed by atoms with Gasteiger partial charge < -0.3 is 20.5 Å². The number of hydrogen-bond acceptors (Lipinski definition) is 5. The van der Waals surface area contributed by atoms with Crippen LogP contribution in [-0.2, 0) is 9.53 Å². The Kier molecular flexibility index (Phi) is 5.41. The van der Waals surface area contributed by atoms with Crippen LogP contribution in [0.15, 0.2) is 18.2 Å². The lowest BCUT2D eigenvalue weighted by atomic mass is 9.94. The quantitative estimate of drug-likeness (QED) is 0.593. The van der Waals surface area contributed by atoms with Gasteiger partial charge in [-0.25, -0.2) is 0 Å². The van der Waals surface area contributed by atoms with Crippen molar-refractivity contribution in [3.63, 3.8) is 0 Å². The van der Waals surface area contributed by atoms with E-state index in [0.29, 0.717) is 11.8 Å². The van der Waals surface area contributed by atoms with E-state index in [1.807, 2.05) is 12.1 Å². The van der Waals surface area contributed by atoms with Crippen molar-refractivity contribution in [3.05, 3.63) is 29.3 Å². The normalized spacial score (nSPS) is 21.8. The number of carbonyl (C=O) groups is 1. The van der Waals surface area contributed by atoms with Crippen molar-refractivity contribution in [2.45, 2.75) is 57.5 Å². The Hall–Kier alpha value is -1.59. The molecule has 2 aliphatic rings. The van der Waals surface area contributed by atoms with Crippen LogP contribution < -0.4 is 15.8 Å². The molecule has 5 nitrogen and oxygen atoms in total. The summed E-state index contributed by atoms with van der Waals surface area (Å²) in [4.78, 5) is 12.0. The second-order valence-electron chi connectivity index (χ2n) is 7.16. The molecule has 0 spiro atoms. The standard InChI is InChI=1S/C19H28N2O3/c1-12(2)14-5-3-6-15(17(20)13-8-9-13)18(14)23-11-24-19(22)16-7-4-10-21-16/h3,5-6,12-13,16-17,21H,4,7-11,20H2,1-2H3/t16?,17-/m1/s1. The number of esters is 1. The van der Waals surface area contributed by atoms with E-state index in [-0.39, 0.29) is 24.8 Å². The van der Waals surface area contributed by atoms with Crippen molar-refractivity contribution in [1.29, 1.82) is 0 Å². The van der Waals surface area contributed by atoms with Gasteiger partial charge in [0.2, 0.25) is 6.79 Å². The molecule has 2 atom stereocenters. The highest BCUT2D eigenvalue weighted by molar-refractivity contribution is 5.76. The zero-order valence-corrected chi connectivity index (χ0v) is 14.6. The highest BCUT2D eigenvalue weighted by Gasteiger charge is 2.32. The molecule has 1 aliphatic heterocycles. The van der Waals surface area contributed by atoms with E-state index < -0.39 is 0 Å². The molecule has 3 N–H and O–H groups in total. The van der Waals surface area contributed by atoms with Gasteiger partial charge in [0, 0.05) is 11.6 Å². The molecule has 1 saturated heterocycles. The smallest absolute Gasteiger partial charge is 0.326 e. The SMILES string of the molecule is CC(C)c1cccc([C@H](N)C2CC2)c1OCOC(=O)C1CCCN1. The van der Waals surface area contributed by atoms with Crippen LogP contribution >= 0.6 is 0 Å². The fourth-order valence-corrected chi connectivity index (χ4v) is 3.30. The van der Waals surface area contributed by atoms with E-state index in [0.717, 1.165) is 36.3 Å². The van der Waals surface area contributed by atoms with Crippen LogP contribution in [0.25, 0.3) is 0 Å². The third-order valence-electron chi connectivity index (χ3n) is 4.94. The monoisotopic (exact) mass is 332 g/mol. The number of ether oxygens (including phenoxy) is 2. The Morgan fingerprint density at radius 2 is 2.04 bits per heavy atom. The molecule has 24 heavy (non-hydrogen) atoms. The first-order valence-corrected chi connectivity index (χ1v) is 8.99. The molecule has 0 radical (unpaired) electrons. The van der Waals surface area contributed by atoms with Crippen LogP contribution in [0.2, 0.25) is 0 Å². The minimum atomic E-state index is -0.234. The zero-order valence-electron chi connectivity index (χ0n) is 14.6. The molecular weight excluding hydrogens is 304 g/mol. The van der Waals surface area contributed by atoms with Crippen molar-refractivity contribution in [3.8, 4) is 5.75 Å². The molecule has 1 heterocycles. The second-order valence-corrected chi connectivity index (χ2v) is 7.16. The summed E-state index contributed by atoms with van der Waals surface area (Å²) >= 11 is 0. The summed E-state index contributed by atoms with van der Waals surface area (Å²) in [5.41, 5.74) is 8.54. The van der Waals surface area contributed by atoms with Gasteiger partial charge in [-0.2, -0.15) is 0 Å². The van der Waals surface area contributed by atoms with Crippen LogP contribution in [-0.4, -0.2) is 25.3 Å². The van der Waals surface area contributed by atoms with Gasteiger partial charge in [-0.05, 0) is 49.6 Å². The lowest BCUT2D eigenvalue weighted by Gasteiger charge is -2.21. The summed E-state index contributed by atoms with van der Waals surface area (Å²) < 4.78 is 11.2. The Balaban J connectivity index is 1.69. The van der Waals surface area contributed by atoms with Gasteiger partial charge in [0.1, 0.15) is 11.8 Å². The molecule has 3 rings (SSSR count).